The maximum atomic E-state index is 15.0. The minimum atomic E-state index is -1.71. The number of fused-ring (bicyclic) bond motifs is 1. The molecule has 2 aromatic heterocycles. The molecule has 83 heavy (non-hydrogen) atoms. The molecular weight excluding hydrogens is 1120 g/mol. The van der Waals surface area contributed by atoms with Crippen molar-refractivity contribution in [2.45, 2.75) is 86.9 Å². The number of benzene rings is 5. The molecule has 0 spiro atoms. The Morgan fingerprint density at radius 2 is 1.34 bits per heavy atom. The predicted octanol–water partition coefficient (Wildman–Crippen LogP) is 8.54. The van der Waals surface area contributed by atoms with Crippen molar-refractivity contribution in [3.8, 4) is 0 Å². The second-order valence-electron chi connectivity index (χ2n) is 20.5. The second-order valence-corrected chi connectivity index (χ2v) is 23.3. The Hall–Kier alpha value is -8.41. The lowest BCUT2D eigenvalue weighted by molar-refractivity contribution is -0.179. The SMILES string of the molecule is COC(Cn1c(S/C=C/C2=C(C(=O)OC(c3ccccc3)c3ccccc3)N3C(=O)C(NC(=O)/C(=N/OC(C)(C)C(=O)OC(C)(C)C)c4csc(NC(c5ccccc5)(c5ccccc5)c5ccccc5)n4)C3SC2)n[nH]c(=O)c1=O)OC. The van der Waals surface area contributed by atoms with E-state index in [1.54, 1.807) is 37.6 Å². The van der Waals surface area contributed by atoms with E-state index in [2.05, 4.69) is 26.0 Å². The van der Waals surface area contributed by atoms with Gasteiger partial charge in [-0.05, 0) is 79.5 Å². The molecular formula is C61H60N8O11S3. The third-order valence-corrected chi connectivity index (χ3v) is 16.1. The van der Waals surface area contributed by atoms with Gasteiger partial charge in [-0.2, -0.15) is 0 Å². The van der Waals surface area contributed by atoms with Gasteiger partial charge in [-0.1, -0.05) is 169 Å². The zero-order chi connectivity index (χ0) is 58.9. The highest BCUT2D eigenvalue weighted by molar-refractivity contribution is 8.02. The highest BCUT2D eigenvalue weighted by Gasteiger charge is 2.55. The quantitative estimate of drug-likeness (QED) is 0.00843. The average molecular weight is 1180 g/mol. The van der Waals surface area contributed by atoms with Crippen molar-refractivity contribution in [3.63, 3.8) is 0 Å². The van der Waals surface area contributed by atoms with Gasteiger partial charge in [0.05, 0.1) is 6.54 Å². The van der Waals surface area contributed by atoms with Gasteiger partial charge in [0.15, 0.2) is 28.4 Å². The van der Waals surface area contributed by atoms with Crippen LogP contribution in [-0.4, -0.2) is 103 Å². The molecule has 22 heteroatoms. The maximum absolute atomic E-state index is 15.0. The topological polar surface area (TPSA) is 235 Å². The van der Waals surface area contributed by atoms with Crippen LogP contribution in [0.3, 0.4) is 0 Å². The Kier molecular flexibility index (Phi) is 18.4. The first-order valence-electron chi connectivity index (χ1n) is 26.2. The van der Waals surface area contributed by atoms with E-state index >= 15 is 0 Å². The lowest BCUT2D eigenvalue weighted by atomic mass is 9.77. The average Bonchev–Trinajstić information content (AvgIpc) is 3.50. The first-order chi connectivity index (χ1) is 39.9. The molecule has 1 saturated heterocycles. The molecule has 3 N–H and O–H groups in total. The van der Waals surface area contributed by atoms with Crippen LogP contribution in [0, 0.1) is 0 Å². The molecule has 428 valence electrons. The van der Waals surface area contributed by atoms with Gasteiger partial charge in [0.25, 0.3) is 11.8 Å². The summed E-state index contributed by atoms with van der Waals surface area (Å²) in [5.74, 6) is -2.97. The third kappa shape index (κ3) is 13.3. The van der Waals surface area contributed by atoms with E-state index < -0.39 is 75.4 Å². The summed E-state index contributed by atoms with van der Waals surface area (Å²) >= 11 is 3.44. The number of methoxy groups -OCH3 is 2. The summed E-state index contributed by atoms with van der Waals surface area (Å²) in [7, 11) is 2.78. The summed E-state index contributed by atoms with van der Waals surface area (Å²) in [5.41, 5.74) is -1.39. The molecule has 0 saturated carbocycles. The summed E-state index contributed by atoms with van der Waals surface area (Å²) in [4.78, 5) is 95.8. The van der Waals surface area contributed by atoms with E-state index in [0.29, 0.717) is 21.8 Å². The lowest BCUT2D eigenvalue weighted by Gasteiger charge is -2.49. The molecule has 2 aliphatic rings. The lowest BCUT2D eigenvalue weighted by Crippen LogP contribution is -2.71. The fourth-order valence-corrected chi connectivity index (χ4v) is 11.9. The number of esters is 2. The van der Waals surface area contributed by atoms with Crippen molar-refractivity contribution >= 4 is 69.5 Å². The highest BCUT2D eigenvalue weighted by atomic mass is 32.2. The van der Waals surface area contributed by atoms with Crippen LogP contribution < -0.4 is 21.8 Å². The minimum absolute atomic E-state index is 0.0577. The fraction of sp³-hybridized carbons (Fsp3) is 0.262. The van der Waals surface area contributed by atoms with Crippen molar-refractivity contribution in [2.24, 2.45) is 5.16 Å². The van der Waals surface area contributed by atoms with Gasteiger partial charge in [-0.25, -0.2) is 19.7 Å². The zero-order valence-electron chi connectivity index (χ0n) is 46.3. The number of amides is 2. The van der Waals surface area contributed by atoms with Crippen LogP contribution in [0.2, 0.25) is 0 Å². The van der Waals surface area contributed by atoms with Crippen LogP contribution in [0.15, 0.2) is 200 Å². The van der Waals surface area contributed by atoms with Gasteiger partial charge in [-0.15, -0.1) is 28.2 Å². The number of H-pyrrole nitrogens is 1. The number of anilines is 1. The number of aromatic amines is 1. The van der Waals surface area contributed by atoms with E-state index in [1.165, 1.54) is 56.1 Å². The van der Waals surface area contributed by atoms with E-state index in [4.69, 9.17) is 28.8 Å². The standard InChI is InChI=1S/C61H60N8O11S3/c1-59(2,3)79-56(75)60(4,5)80-67-46(44-37-83-57(62-44)64-61(41-27-17-10-18-28-41,42-29-19-11-20-30-42)43-31-21-12-22-32-43)50(70)63-47-52(72)69-48(55(74)78-49(38-23-13-8-14-24-38)39-25-15-9-16-26-39)40(36-82-54(47)69)33-34-81-58-66-65-51(71)53(73)68(58)35-45(76-6)77-7/h8-34,37,45,47,49,54H,35-36H2,1-7H3,(H,62,64)(H,63,70)(H,65,71)/b34-33+,67-46+. The molecule has 2 unspecified atom stereocenters. The van der Waals surface area contributed by atoms with Crippen LogP contribution in [0.4, 0.5) is 5.13 Å². The molecule has 1 fully saturated rings. The number of carbonyl (C=O) groups excluding carboxylic acids is 4. The molecule has 4 heterocycles. The number of nitrogens with zero attached hydrogens (tertiary/aromatic N) is 5. The van der Waals surface area contributed by atoms with Crippen molar-refractivity contribution in [3.05, 3.63) is 234 Å². The van der Waals surface area contributed by atoms with Crippen molar-refractivity contribution in [2.75, 3.05) is 25.3 Å². The maximum Gasteiger partial charge on any atom is 0.356 e. The number of oxime groups is 1. The molecule has 5 aromatic carbocycles. The number of carbonyl (C=O) groups is 4. The number of hydrogen-bond acceptors (Lipinski definition) is 18. The van der Waals surface area contributed by atoms with Gasteiger partial charge in [-0.3, -0.25) is 28.6 Å². The Morgan fingerprint density at radius 3 is 1.87 bits per heavy atom. The van der Waals surface area contributed by atoms with Crippen molar-refractivity contribution in [1.29, 1.82) is 0 Å². The molecule has 9 rings (SSSR count). The predicted molar refractivity (Wildman–Crippen MR) is 317 cm³/mol. The number of rotatable bonds is 22. The highest BCUT2D eigenvalue weighted by Crippen LogP contribution is 2.44. The molecule has 0 radical (unpaired) electrons. The number of aromatic nitrogens is 4. The normalized spacial score (nSPS) is 15.7. The second kappa shape index (κ2) is 25.8. The number of nitrogens with one attached hydrogen (secondary N) is 3. The Labute approximate surface area is 491 Å². The summed E-state index contributed by atoms with van der Waals surface area (Å²) in [6, 6.07) is 46.8. The van der Waals surface area contributed by atoms with Crippen LogP contribution >= 0.6 is 34.9 Å². The molecule has 2 aliphatic heterocycles. The molecule has 2 amide bonds. The number of allylic oxidation sites excluding steroid dienone is 1. The first-order valence-corrected chi connectivity index (χ1v) is 29.0. The van der Waals surface area contributed by atoms with Gasteiger partial charge >= 0.3 is 23.1 Å². The van der Waals surface area contributed by atoms with Crippen LogP contribution in [0.5, 0.6) is 0 Å². The monoisotopic (exact) mass is 1180 g/mol. The molecule has 2 atom stereocenters. The molecule has 19 nitrogen and oxygen atoms in total. The van der Waals surface area contributed by atoms with E-state index in [-0.39, 0.29) is 34.6 Å². The van der Waals surface area contributed by atoms with E-state index in [1.807, 2.05) is 152 Å². The third-order valence-electron chi connectivity index (χ3n) is 13.3. The molecule has 0 aliphatic carbocycles. The molecule has 7 aromatic rings. The van der Waals surface area contributed by atoms with E-state index in [0.717, 1.165) is 33.0 Å². The first kappa shape index (κ1) is 59.2. The smallest absolute Gasteiger partial charge is 0.356 e. The largest absolute Gasteiger partial charge is 0.457 e. The van der Waals surface area contributed by atoms with Crippen LogP contribution in [0.1, 0.15) is 74.2 Å². The number of ether oxygens (including phenoxy) is 4. The zero-order valence-corrected chi connectivity index (χ0v) is 48.8. The van der Waals surface area contributed by atoms with Crippen molar-refractivity contribution in [1.82, 2.24) is 30.0 Å². The summed E-state index contributed by atoms with van der Waals surface area (Å²) in [6.07, 6.45) is -0.186. The Balaban J connectivity index is 1.06. The van der Waals surface area contributed by atoms with Gasteiger partial charge in [0.2, 0.25) is 5.60 Å². The van der Waals surface area contributed by atoms with Gasteiger partial charge < -0.3 is 34.4 Å². The van der Waals surface area contributed by atoms with Crippen LogP contribution in [-0.2, 0) is 55.0 Å². The number of hydrogen-bond donors (Lipinski definition) is 3. The number of β-lactam (4-membered cyclic amide) rings is 1. The van der Waals surface area contributed by atoms with Gasteiger partial charge in [0.1, 0.15) is 33.9 Å². The summed E-state index contributed by atoms with van der Waals surface area (Å²) in [5, 5.41) is 20.0. The number of thioether (sulfide) groups is 2. The Bertz CT molecular complexity index is 3530. The number of thiazole rings is 1. The van der Waals surface area contributed by atoms with E-state index in [9.17, 15) is 28.8 Å². The summed E-state index contributed by atoms with van der Waals surface area (Å²) in [6.45, 7) is 7.90. The minimum Gasteiger partial charge on any atom is -0.457 e. The van der Waals surface area contributed by atoms with Crippen molar-refractivity contribution < 1.29 is 43.0 Å². The fourth-order valence-electron chi connectivity index (χ4n) is 9.14. The van der Waals surface area contributed by atoms with Crippen LogP contribution in [0.25, 0.3) is 0 Å². The van der Waals surface area contributed by atoms with Gasteiger partial charge in [0, 0.05) is 25.4 Å². The molecule has 0 bridgehead atoms. The Morgan fingerprint density at radius 1 is 0.795 bits per heavy atom. The summed E-state index contributed by atoms with van der Waals surface area (Å²) < 4.78 is 23.7.